The molecule has 6 heteroatoms. The van der Waals surface area contributed by atoms with Gasteiger partial charge in [-0.3, -0.25) is 9.59 Å². The Morgan fingerprint density at radius 2 is 1.88 bits per heavy atom. The molecule has 130 valence electrons. The number of amides is 2. The Bertz CT molecular complexity index is 581. The van der Waals surface area contributed by atoms with E-state index in [1.54, 1.807) is 23.9 Å². The number of nitrogens with two attached hydrogens (primary N) is 1. The number of carbonyl (C=O) groups excluding carboxylic acids is 2. The molecule has 1 heterocycles. The van der Waals surface area contributed by atoms with Crippen LogP contribution in [0.3, 0.4) is 0 Å². The molecule has 1 aromatic carbocycles. The number of carbonyl (C=O) groups is 2. The van der Waals surface area contributed by atoms with Gasteiger partial charge in [0.25, 0.3) is 0 Å². The molecule has 0 saturated carbocycles. The summed E-state index contributed by atoms with van der Waals surface area (Å²) < 4.78 is 0. The topological polar surface area (TPSA) is 84.2 Å². The first-order valence-corrected chi connectivity index (χ1v) is 9.31. The molecule has 1 aromatic rings. The molecule has 0 bridgehead atoms. The van der Waals surface area contributed by atoms with Gasteiger partial charge in [-0.1, -0.05) is 24.6 Å². The zero-order chi connectivity index (χ0) is 17.2. The third-order valence-electron chi connectivity index (χ3n) is 3.84. The van der Waals surface area contributed by atoms with Gasteiger partial charge in [-0.2, -0.15) is 0 Å². The number of rotatable bonds is 9. The lowest BCUT2D eigenvalue weighted by atomic mass is 10.1. The molecule has 4 N–H and O–H groups in total. The van der Waals surface area contributed by atoms with Gasteiger partial charge < -0.3 is 16.4 Å². The largest absolute Gasteiger partial charge is 0.397 e. The van der Waals surface area contributed by atoms with Crippen LogP contribution in [0.4, 0.5) is 11.4 Å². The minimum atomic E-state index is -0.0388. The van der Waals surface area contributed by atoms with E-state index in [1.165, 1.54) is 0 Å². The normalized spacial score (nSPS) is 16.1. The fourth-order valence-electron chi connectivity index (χ4n) is 2.45. The van der Waals surface area contributed by atoms with Crippen LogP contribution in [0.15, 0.2) is 35.7 Å². The third-order valence-corrected chi connectivity index (χ3v) is 4.93. The number of hydrogen-bond donors (Lipinski definition) is 3. The maximum atomic E-state index is 11.9. The van der Waals surface area contributed by atoms with Crippen molar-refractivity contribution in [2.75, 3.05) is 17.6 Å². The summed E-state index contributed by atoms with van der Waals surface area (Å²) in [6.07, 6.45) is 6.59. The van der Waals surface area contributed by atoms with E-state index in [4.69, 9.17) is 5.73 Å². The van der Waals surface area contributed by atoms with Crippen LogP contribution in [0.5, 0.6) is 0 Å². The number of benzene rings is 1. The summed E-state index contributed by atoms with van der Waals surface area (Å²) in [5.74, 6) is 0.0621. The van der Waals surface area contributed by atoms with Crippen LogP contribution in [0.2, 0.25) is 0 Å². The monoisotopic (exact) mass is 347 g/mol. The molecule has 24 heavy (non-hydrogen) atoms. The fourth-order valence-corrected chi connectivity index (χ4v) is 3.29. The van der Waals surface area contributed by atoms with Crippen LogP contribution in [0.1, 0.15) is 38.5 Å². The van der Waals surface area contributed by atoms with E-state index in [0.717, 1.165) is 32.2 Å². The van der Waals surface area contributed by atoms with Crippen molar-refractivity contribution in [3.05, 3.63) is 35.7 Å². The van der Waals surface area contributed by atoms with Crippen LogP contribution in [0, 0.1) is 0 Å². The molecule has 0 saturated heterocycles. The Kier molecular flexibility index (Phi) is 7.68. The molecule has 1 unspecified atom stereocenters. The van der Waals surface area contributed by atoms with Crippen LogP contribution < -0.4 is 16.4 Å². The van der Waals surface area contributed by atoms with Crippen molar-refractivity contribution in [1.29, 1.82) is 0 Å². The van der Waals surface area contributed by atoms with Crippen LogP contribution in [0.25, 0.3) is 0 Å². The van der Waals surface area contributed by atoms with Crippen molar-refractivity contribution in [2.45, 2.75) is 43.8 Å². The predicted octanol–water partition coefficient (Wildman–Crippen LogP) is 3.29. The summed E-state index contributed by atoms with van der Waals surface area (Å²) in [6.45, 7) is 0.734. The SMILES string of the molecule is Nc1ccccc1NC(=O)CCCCCC(=O)NCC1CC=CS1. The predicted molar refractivity (Wildman–Crippen MR) is 101 cm³/mol. The highest BCUT2D eigenvalue weighted by Gasteiger charge is 2.12. The fraction of sp³-hybridized carbons (Fsp3) is 0.444. The average molecular weight is 347 g/mol. The average Bonchev–Trinajstić information content (AvgIpc) is 3.08. The van der Waals surface area contributed by atoms with Gasteiger partial charge in [-0.15, -0.1) is 11.8 Å². The number of unbranched alkanes of at least 4 members (excludes halogenated alkanes) is 2. The molecule has 0 spiro atoms. The first kappa shape index (κ1) is 18.4. The number of anilines is 2. The van der Waals surface area contributed by atoms with Gasteiger partial charge in [0.05, 0.1) is 11.4 Å². The second-order valence-corrected chi connectivity index (χ2v) is 7.08. The number of para-hydroxylation sites is 2. The van der Waals surface area contributed by atoms with Crippen molar-refractivity contribution >= 4 is 35.0 Å². The maximum absolute atomic E-state index is 11.9. The molecule has 0 radical (unpaired) electrons. The number of nitrogen functional groups attached to an aromatic ring is 1. The summed E-state index contributed by atoms with van der Waals surface area (Å²) in [4.78, 5) is 23.6. The van der Waals surface area contributed by atoms with Crippen molar-refractivity contribution in [3.8, 4) is 0 Å². The van der Waals surface area contributed by atoms with Gasteiger partial charge in [0.1, 0.15) is 0 Å². The van der Waals surface area contributed by atoms with Gasteiger partial charge in [0.2, 0.25) is 11.8 Å². The van der Waals surface area contributed by atoms with Crippen molar-refractivity contribution in [2.24, 2.45) is 0 Å². The summed E-state index contributed by atoms with van der Waals surface area (Å²) in [5, 5.41) is 8.36. The van der Waals surface area contributed by atoms with E-state index < -0.39 is 0 Å². The highest BCUT2D eigenvalue weighted by molar-refractivity contribution is 8.03. The van der Waals surface area contributed by atoms with Gasteiger partial charge in [0, 0.05) is 24.6 Å². The quantitative estimate of drug-likeness (QED) is 0.473. The Morgan fingerprint density at radius 3 is 2.58 bits per heavy atom. The van der Waals surface area contributed by atoms with E-state index in [1.807, 2.05) is 12.1 Å². The van der Waals surface area contributed by atoms with E-state index >= 15 is 0 Å². The van der Waals surface area contributed by atoms with Gasteiger partial charge in [-0.25, -0.2) is 0 Å². The highest BCUT2D eigenvalue weighted by Crippen LogP contribution is 2.22. The number of nitrogens with one attached hydrogen (secondary N) is 2. The molecule has 1 atom stereocenters. The lowest BCUT2D eigenvalue weighted by molar-refractivity contribution is -0.121. The second-order valence-electron chi connectivity index (χ2n) is 5.87. The summed E-state index contributed by atoms with van der Waals surface area (Å²) >= 11 is 1.77. The molecule has 1 aliphatic rings. The minimum absolute atomic E-state index is 0.0388. The first-order chi connectivity index (χ1) is 11.6. The molecule has 2 rings (SSSR count). The molecule has 5 nitrogen and oxygen atoms in total. The summed E-state index contributed by atoms with van der Waals surface area (Å²) in [5.41, 5.74) is 7.01. The molecule has 1 aliphatic heterocycles. The van der Waals surface area contributed by atoms with Crippen LogP contribution in [-0.2, 0) is 9.59 Å². The zero-order valence-corrected chi connectivity index (χ0v) is 14.6. The van der Waals surface area contributed by atoms with Crippen LogP contribution in [-0.4, -0.2) is 23.6 Å². The molecule has 0 aliphatic carbocycles. The zero-order valence-electron chi connectivity index (χ0n) is 13.8. The summed E-state index contributed by atoms with van der Waals surface area (Å²) in [6, 6.07) is 7.22. The number of thioether (sulfide) groups is 1. The standard InChI is InChI=1S/C18H25N3O2S/c19-15-8-4-5-9-16(15)21-18(23)11-3-1-2-10-17(22)20-13-14-7-6-12-24-14/h4-6,8-9,12,14H,1-3,7,10-11,13,19H2,(H,20,22)(H,21,23). The lowest BCUT2D eigenvalue weighted by Crippen LogP contribution is -2.29. The molecule has 0 fully saturated rings. The van der Waals surface area contributed by atoms with Gasteiger partial charge >= 0.3 is 0 Å². The van der Waals surface area contributed by atoms with Gasteiger partial charge in [0.15, 0.2) is 0 Å². The smallest absolute Gasteiger partial charge is 0.224 e. The van der Waals surface area contributed by atoms with Crippen molar-refractivity contribution in [3.63, 3.8) is 0 Å². The molecular weight excluding hydrogens is 322 g/mol. The maximum Gasteiger partial charge on any atom is 0.224 e. The number of allylic oxidation sites excluding steroid dienone is 1. The third kappa shape index (κ3) is 6.66. The van der Waals surface area contributed by atoms with Gasteiger partial charge in [-0.05, 0) is 36.8 Å². The molecule has 2 amide bonds. The van der Waals surface area contributed by atoms with E-state index in [9.17, 15) is 9.59 Å². The van der Waals surface area contributed by atoms with Crippen molar-refractivity contribution < 1.29 is 9.59 Å². The second kappa shape index (κ2) is 10.0. The Balaban J connectivity index is 1.50. The van der Waals surface area contributed by atoms with E-state index in [0.29, 0.717) is 29.5 Å². The Hall–Kier alpha value is -1.95. The first-order valence-electron chi connectivity index (χ1n) is 8.36. The molecule has 0 aromatic heterocycles. The van der Waals surface area contributed by atoms with E-state index in [2.05, 4.69) is 22.1 Å². The van der Waals surface area contributed by atoms with E-state index in [-0.39, 0.29) is 11.8 Å². The lowest BCUT2D eigenvalue weighted by Gasteiger charge is -2.10. The number of hydrogen-bond acceptors (Lipinski definition) is 4. The minimum Gasteiger partial charge on any atom is -0.397 e. The van der Waals surface area contributed by atoms with Crippen LogP contribution >= 0.6 is 11.8 Å². The molecular formula is C18H25N3O2S. The Labute approximate surface area is 147 Å². The highest BCUT2D eigenvalue weighted by atomic mass is 32.2. The van der Waals surface area contributed by atoms with Crippen molar-refractivity contribution in [1.82, 2.24) is 5.32 Å². The Morgan fingerprint density at radius 1 is 1.12 bits per heavy atom. The summed E-state index contributed by atoms with van der Waals surface area (Å²) in [7, 11) is 0.